The normalized spacial score (nSPS) is 10.7. The number of nitrogens with zero attached hydrogens (tertiary/aromatic N) is 2. The molecule has 0 N–H and O–H groups in total. The Morgan fingerprint density at radius 2 is 1.64 bits per heavy atom. The fourth-order valence-electron chi connectivity index (χ4n) is 2.60. The van der Waals surface area contributed by atoms with E-state index in [4.69, 9.17) is 9.26 Å². The van der Waals surface area contributed by atoms with Crippen LogP contribution in [0.3, 0.4) is 0 Å². The molecule has 3 aromatic rings. The molecule has 1 aromatic heterocycles. The van der Waals surface area contributed by atoms with Gasteiger partial charge in [-0.05, 0) is 23.6 Å². The van der Waals surface area contributed by atoms with Gasteiger partial charge in [0.25, 0.3) is 5.89 Å². The lowest BCUT2D eigenvalue weighted by molar-refractivity contribution is 0.0418. The summed E-state index contributed by atoms with van der Waals surface area (Å²) in [5.41, 5.74) is 2.26. The van der Waals surface area contributed by atoms with Crippen molar-refractivity contribution in [3.63, 3.8) is 0 Å². The Morgan fingerprint density at radius 1 is 1.00 bits per heavy atom. The van der Waals surface area contributed by atoms with Crippen LogP contribution in [0.4, 0.5) is 0 Å². The lowest BCUT2D eigenvalue weighted by Gasteiger charge is -2.06. The van der Waals surface area contributed by atoms with Gasteiger partial charge in [-0.2, -0.15) is 4.98 Å². The van der Waals surface area contributed by atoms with Crippen molar-refractivity contribution in [1.29, 1.82) is 0 Å². The maximum absolute atomic E-state index is 12.3. The Balaban J connectivity index is 1.68. The van der Waals surface area contributed by atoms with Crippen LogP contribution in [0.2, 0.25) is 0 Å². The molecule has 0 aliphatic heterocycles. The van der Waals surface area contributed by atoms with Crippen LogP contribution in [0.15, 0.2) is 53.1 Å². The van der Waals surface area contributed by atoms with Crippen LogP contribution in [0, 0.1) is 0 Å². The molecule has 0 saturated carbocycles. The molecule has 0 amide bonds. The van der Waals surface area contributed by atoms with E-state index in [-0.39, 0.29) is 23.6 Å². The Kier molecular flexibility index (Phi) is 5.84. The van der Waals surface area contributed by atoms with E-state index in [1.54, 1.807) is 12.1 Å². The van der Waals surface area contributed by atoms with E-state index in [0.717, 1.165) is 5.56 Å². The zero-order chi connectivity index (χ0) is 20.1. The highest BCUT2D eigenvalue weighted by Crippen LogP contribution is 2.21. The second kappa shape index (κ2) is 8.47. The molecule has 0 unspecified atom stereocenters. The van der Waals surface area contributed by atoms with E-state index >= 15 is 0 Å². The molecule has 0 fully saturated rings. The number of carbonyl (C=O) groups is 2. The third kappa shape index (κ3) is 4.25. The van der Waals surface area contributed by atoms with Gasteiger partial charge < -0.3 is 14.0 Å². The Hall–Kier alpha value is -3.48. The fourth-order valence-corrected chi connectivity index (χ4v) is 2.60. The van der Waals surface area contributed by atoms with Crippen molar-refractivity contribution in [1.82, 2.24) is 10.1 Å². The molecule has 0 spiro atoms. The standard InChI is InChI=1S/C21H20N2O5/c1-13(2)14-8-10-15(11-9-14)19-22-18(28-23-19)12-27-21(25)17-7-5-4-6-16(17)20(24)26-3/h4-11,13H,12H2,1-3H3. The summed E-state index contributed by atoms with van der Waals surface area (Å²) in [6.07, 6.45) is 0. The van der Waals surface area contributed by atoms with Gasteiger partial charge in [-0.1, -0.05) is 55.4 Å². The molecule has 28 heavy (non-hydrogen) atoms. The molecule has 144 valence electrons. The summed E-state index contributed by atoms with van der Waals surface area (Å²) in [6.45, 7) is 4.04. The highest BCUT2D eigenvalue weighted by atomic mass is 16.6. The quantitative estimate of drug-likeness (QED) is 0.597. The molecule has 3 rings (SSSR count). The third-order valence-electron chi connectivity index (χ3n) is 4.18. The number of hydrogen-bond acceptors (Lipinski definition) is 7. The fraction of sp³-hybridized carbons (Fsp3) is 0.238. The van der Waals surface area contributed by atoms with Crippen molar-refractivity contribution in [2.24, 2.45) is 0 Å². The van der Waals surface area contributed by atoms with E-state index in [0.29, 0.717) is 11.7 Å². The van der Waals surface area contributed by atoms with Crippen molar-refractivity contribution < 1.29 is 23.6 Å². The van der Waals surface area contributed by atoms with Crippen LogP contribution in [-0.2, 0) is 16.1 Å². The summed E-state index contributed by atoms with van der Waals surface area (Å²) in [4.78, 5) is 28.3. The van der Waals surface area contributed by atoms with Gasteiger partial charge >= 0.3 is 11.9 Å². The smallest absolute Gasteiger partial charge is 0.339 e. The molecule has 2 aromatic carbocycles. The average Bonchev–Trinajstić information content (AvgIpc) is 3.20. The molecule has 1 heterocycles. The van der Waals surface area contributed by atoms with Gasteiger partial charge in [-0.15, -0.1) is 0 Å². The van der Waals surface area contributed by atoms with Gasteiger partial charge in [0, 0.05) is 5.56 Å². The zero-order valence-electron chi connectivity index (χ0n) is 15.8. The van der Waals surface area contributed by atoms with Crippen molar-refractivity contribution >= 4 is 11.9 Å². The van der Waals surface area contributed by atoms with Crippen LogP contribution in [0.1, 0.15) is 51.9 Å². The highest BCUT2D eigenvalue weighted by molar-refractivity contribution is 6.03. The van der Waals surface area contributed by atoms with Gasteiger partial charge in [0.1, 0.15) is 0 Å². The van der Waals surface area contributed by atoms with E-state index in [1.165, 1.54) is 24.8 Å². The van der Waals surface area contributed by atoms with Crippen molar-refractivity contribution in [3.05, 3.63) is 71.1 Å². The molecule has 0 atom stereocenters. The minimum atomic E-state index is -0.679. The van der Waals surface area contributed by atoms with E-state index < -0.39 is 11.9 Å². The molecule has 7 nitrogen and oxygen atoms in total. The van der Waals surface area contributed by atoms with E-state index in [1.807, 2.05) is 24.3 Å². The van der Waals surface area contributed by atoms with Gasteiger partial charge in [0.15, 0.2) is 6.61 Å². The van der Waals surface area contributed by atoms with Crippen LogP contribution >= 0.6 is 0 Å². The minimum absolute atomic E-state index is 0.110. The maximum Gasteiger partial charge on any atom is 0.339 e. The number of ether oxygens (including phenoxy) is 2. The summed E-state index contributed by atoms with van der Waals surface area (Å²) >= 11 is 0. The number of hydrogen-bond donors (Lipinski definition) is 0. The average molecular weight is 380 g/mol. The molecule has 0 bridgehead atoms. The van der Waals surface area contributed by atoms with Crippen LogP contribution in [0.5, 0.6) is 0 Å². The minimum Gasteiger partial charge on any atom is -0.465 e. The molecule has 0 radical (unpaired) electrons. The van der Waals surface area contributed by atoms with E-state index in [2.05, 4.69) is 28.7 Å². The third-order valence-corrected chi connectivity index (χ3v) is 4.18. The van der Waals surface area contributed by atoms with Crippen LogP contribution < -0.4 is 0 Å². The Labute approximate surface area is 162 Å². The maximum atomic E-state index is 12.3. The van der Waals surface area contributed by atoms with Crippen molar-refractivity contribution in [2.45, 2.75) is 26.4 Å². The van der Waals surface area contributed by atoms with Crippen molar-refractivity contribution in [3.8, 4) is 11.4 Å². The first kappa shape index (κ1) is 19.3. The lowest BCUT2D eigenvalue weighted by Crippen LogP contribution is -2.13. The lowest BCUT2D eigenvalue weighted by atomic mass is 10.0. The summed E-state index contributed by atoms with van der Waals surface area (Å²) < 4.78 is 15.0. The Bertz CT molecular complexity index is 976. The summed E-state index contributed by atoms with van der Waals surface area (Å²) in [7, 11) is 1.25. The van der Waals surface area contributed by atoms with Gasteiger partial charge in [-0.25, -0.2) is 9.59 Å². The molecule has 0 aliphatic rings. The summed E-state index contributed by atoms with van der Waals surface area (Å²) in [5.74, 6) is -0.287. The van der Waals surface area contributed by atoms with Crippen LogP contribution in [0.25, 0.3) is 11.4 Å². The second-order valence-electron chi connectivity index (χ2n) is 6.40. The first-order chi connectivity index (χ1) is 13.5. The number of esters is 2. The van der Waals surface area contributed by atoms with Gasteiger partial charge in [0.05, 0.1) is 18.2 Å². The zero-order valence-corrected chi connectivity index (χ0v) is 15.8. The summed E-state index contributed by atoms with van der Waals surface area (Å²) in [6, 6.07) is 14.1. The SMILES string of the molecule is COC(=O)c1ccccc1C(=O)OCc1nc(-c2ccc(C(C)C)cc2)no1. The predicted molar refractivity (Wildman–Crippen MR) is 101 cm³/mol. The van der Waals surface area contributed by atoms with Crippen molar-refractivity contribution in [2.75, 3.05) is 7.11 Å². The number of benzene rings is 2. The van der Waals surface area contributed by atoms with Crippen LogP contribution in [-0.4, -0.2) is 29.2 Å². The largest absolute Gasteiger partial charge is 0.465 e. The number of rotatable bonds is 6. The molecular formula is C21H20N2O5. The molecule has 0 saturated heterocycles. The summed E-state index contributed by atoms with van der Waals surface area (Å²) in [5, 5.41) is 3.92. The Morgan fingerprint density at radius 3 is 2.25 bits per heavy atom. The first-order valence-corrected chi connectivity index (χ1v) is 8.77. The second-order valence-corrected chi connectivity index (χ2v) is 6.40. The first-order valence-electron chi connectivity index (χ1n) is 8.77. The topological polar surface area (TPSA) is 91.5 Å². The highest BCUT2D eigenvalue weighted by Gasteiger charge is 2.19. The van der Waals surface area contributed by atoms with Gasteiger partial charge in [-0.3, -0.25) is 0 Å². The van der Waals surface area contributed by atoms with E-state index in [9.17, 15) is 9.59 Å². The number of methoxy groups -OCH3 is 1. The predicted octanol–water partition coefficient (Wildman–Crippen LogP) is 4.00. The molecule has 7 heteroatoms. The molecule has 0 aliphatic carbocycles. The number of aromatic nitrogens is 2. The molecular weight excluding hydrogens is 360 g/mol. The number of carbonyl (C=O) groups excluding carboxylic acids is 2. The monoisotopic (exact) mass is 380 g/mol. The van der Waals surface area contributed by atoms with Gasteiger partial charge in [0.2, 0.25) is 5.82 Å².